The zero-order valence-electron chi connectivity index (χ0n) is 39.8. The molecule has 0 spiro atoms. The molecule has 0 unspecified atom stereocenters. The van der Waals surface area contributed by atoms with Crippen LogP contribution in [-0.2, 0) is 46.0 Å². The van der Waals surface area contributed by atoms with Crippen molar-refractivity contribution in [3.63, 3.8) is 0 Å². The largest absolute Gasteiger partial charge is 0.458 e. The van der Waals surface area contributed by atoms with E-state index in [4.69, 9.17) is 14.5 Å². The molecule has 7 rings (SSSR count). The number of nitrogens with zero attached hydrogens (tertiary/aromatic N) is 4. The van der Waals surface area contributed by atoms with Crippen molar-refractivity contribution in [2.45, 2.75) is 110 Å². The van der Waals surface area contributed by atoms with Crippen molar-refractivity contribution < 1.29 is 29.0 Å². The fourth-order valence-electron chi connectivity index (χ4n) is 8.89. The van der Waals surface area contributed by atoms with Gasteiger partial charge in [0.05, 0.1) is 29.0 Å². The van der Waals surface area contributed by atoms with Gasteiger partial charge in [0.2, 0.25) is 5.91 Å². The first kappa shape index (κ1) is 49.3. The quantitative estimate of drug-likeness (QED) is 0.0576. The monoisotopic (exact) mass is 919 g/mol. The van der Waals surface area contributed by atoms with Crippen molar-refractivity contribution >= 4 is 34.6 Å². The van der Waals surface area contributed by atoms with Gasteiger partial charge in [-0.05, 0) is 105 Å². The van der Waals surface area contributed by atoms with Crippen LogP contribution in [0.5, 0.6) is 5.75 Å². The molecule has 3 aliphatic rings. The lowest BCUT2D eigenvalue weighted by atomic mass is 9.86. The Balaban J connectivity index is 0.814. The maximum Gasteiger partial charge on any atom is 0.415 e. The first-order chi connectivity index (χ1) is 33.1. The van der Waals surface area contributed by atoms with Crippen molar-refractivity contribution in [3.8, 4) is 17.1 Å². The fraction of sp³-hybridized carbons (Fsp3) is 0.375. The van der Waals surface area contributed by atoms with E-state index in [-0.39, 0.29) is 35.6 Å². The summed E-state index contributed by atoms with van der Waals surface area (Å²) in [6, 6.07) is 15.0. The number of amides is 2. The van der Waals surface area contributed by atoms with Gasteiger partial charge in [0.25, 0.3) is 5.56 Å². The molecule has 2 aromatic carbocycles. The van der Waals surface area contributed by atoms with E-state index in [9.17, 15) is 24.3 Å². The lowest BCUT2D eigenvalue weighted by Crippen LogP contribution is -2.49. The number of ether oxygens (including phenoxy) is 2. The van der Waals surface area contributed by atoms with Crippen molar-refractivity contribution in [2.75, 3.05) is 31.5 Å². The number of piperazine rings is 1. The summed E-state index contributed by atoms with van der Waals surface area (Å²) in [5.41, 5.74) is 4.01. The van der Waals surface area contributed by atoms with Crippen LogP contribution in [0.4, 0.5) is 10.5 Å². The highest BCUT2D eigenvalue weighted by Crippen LogP contribution is 2.41. The van der Waals surface area contributed by atoms with Gasteiger partial charge in [-0.2, -0.15) is 0 Å². The SMILES string of the molecule is CCC=CCC=CCC=CCC=CCC=CCC=CCCC(=O)Nc1ccc(CN2CCN(C(=O)Oc3ccc4nc5c(c(CC)c4c3)Cn3c-5cc4c(c3=O)COC(=O)[C@]4(O)CC)CC2)cc1. The van der Waals surface area contributed by atoms with Gasteiger partial charge in [0, 0.05) is 61.3 Å². The van der Waals surface area contributed by atoms with E-state index in [2.05, 4.69) is 90.1 Å². The van der Waals surface area contributed by atoms with Gasteiger partial charge in [-0.15, -0.1) is 0 Å². The summed E-state index contributed by atoms with van der Waals surface area (Å²) in [4.78, 5) is 61.3. The second-order valence-corrected chi connectivity index (χ2v) is 17.4. The summed E-state index contributed by atoms with van der Waals surface area (Å²) in [6.07, 6.45) is 33.3. The third-order valence-electron chi connectivity index (χ3n) is 12.7. The van der Waals surface area contributed by atoms with Crippen LogP contribution in [0.25, 0.3) is 22.3 Å². The number of fused-ring (bicyclic) bond motifs is 5. The fourth-order valence-corrected chi connectivity index (χ4v) is 8.89. The molecule has 356 valence electrons. The Labute approximate surface area is 400 Å². The summed E-state index contributed by atoms with van der Waals surface area (Å²) < 4.78 is 12.8. The highest BCUT2D eigenvalue weighted by Gasteiger charge is 2.45. The topological polar surface area (TPSA) is 143 Å². The molecule has 2 aromatic heterocycles. The minimum absolute atomic E-state index is 0.0133. The zero-order valence-corrected chi connectivity index (χ0v) is 39.8. The van der Waals surface area contributed by atoms with Crippen molar-refractivity contribution in [1.29, 1.82) is 0 Å². The number of nitrogens with one attached hydrogen (secondary N) is 1. The van der Waals surface area contributed by atoms with Gasteiger partial charge in [0.15, 0.2) is 5.60 Å². The molecule has 2 amide bonds. The molecule has 0 bridgehead atoms. The summed E-state index contributed by atoms with van der Waals surface area (Å²) in [6.45, 7) is 9.13. The number of pyridine rings is 2. The first-order valence-corrected chi connectivity index (χ1v) is 24.2. The van der Waals surface area contributed by atoms with E-state index < -0.39 is 17.7 Å². The number of cyclic esters (lactones) is 1. The van der Waals surface area contributed by atoms with E-state index >= 15 is 0 Å². The van der Waals surface area contributed by atoms with E-state index in [1.807, 2.05) is 43.3 Å². The highest BCUT2D eigenvalue weighted by molar-refractivity contribution is 5.91. The van der Waals surface area contributed by atoms with Crippen LogP contribution in [0.3, 0.4) is 0 Å². The molecule has 5 heterocycles. The Morgan fingerprint density at radius 3 is 2.04 bits per heavy atom. The average Bonchev–Trinajstić information content (AvgIpc) is 3.72. The van der Waals surface area contributed by atoms with Crippen LogP contribution in [-0.4, -0.2) is 68.6 Å². The molecule has 0 aliphatic carbocycles. The number of aromatic nitrogens is 2. The number of hydrogen-bond acceptors (Lipinski definition) is 9. The molecule has 12 heteroatoms. The van der Waals surface area contributed by atoms with E-state index in [0.29, 0.717) is 74.6 Å². The number of allylic oxidation sites excluding steroid dienone is 12. The number of esters is 1. The Bertz CT molecular complexity index is 2680. The standard InChI is InChI=1S/C56H65N5O7/c1-4-7-8-9-10-11-12-13-14-15-16-17-18-19-20-21-22-23-24-25-51(62)57-42-28-26-41(27-29-42)38-59-32-34-60(35-33-59)55(65)68-43-30-31-49-45(36-43)44(5-2)46-39-61-50(52(46)58-49)37-48-47(53(61)63)40-67-54(64)56(48,66)6-3/h7-8,10-11,13-14,16-17,19-20,22-23,26-31,36-37,66H,4-6,9,12,15,18,21,24-25,32-35,38-40H2,1-3H3,(H,57,62)/t56-/m0/s1. The molecule has 4 aromatic rings. The zero-order chi connectivity index (χ0) is 47.9. The molecule has 3 aliphatic heterocycles. The molecule has 12 nitrogen and oxygen atoms in total. The molecule has 1 saturated heterocycles. The molecule has 1 fully saturated rings. The van der Waals surface area contributed by atoms with E-state index in [1.54, 1.807) is 28.5 Å². The van der Waals surface area contributed by atoms with Crippen molar-refractivity contribution in [1.82, 2.24) is 19.4 Å². The molecule has 0 radical (unpaired) electrons. The van der Waals surface area contributed by atoms with Gasteiger partial charge in [-0.3, -0.25) is 14.5 Å². The van der Waals surface area contributed by atoms with E-state index in [1.165, 1.54) is 0 Å². The Morgan fingerprint density at radius 2 is 1.43 bits per heavy atom. The summed E-state index contributed by atoms with van der Waals surface area (Å²) >= 11 is 0. The number of carbonyl (C=O) groups excluding carboxylic acids is 3. The number of hydrogen-bond donors (Lipinski definition) is 2. The second-order valence-electron chi connectivity index (χ2n) is 17.4. The first-order valence-electron chi connectivity index (χ1n) is 24.2. The lowest BCUT2D eigenvalue weighted by molar-refractivity contribution is -0.172. The number of aryl methyl sites for hydroxylation is 1. The Kier molecular flexibility index (Phi) is 17.3. The van der Waals surface area contributed by atoms with Crippen molar-refractivity contribution in [3.05, 3.63) is 160 Å². The Hall–Kier alpha value is -6.63. The molecule has 0 saturated carbocycles. The normalized spacial score (nSPS) is 17.4. The number of anilines is 1. The predicted octanol–water partition coefficient (Wildman–Crippen LogP) is 10.4. The van der Waals surface area contributed by atoms with Gasteiger partial charge in [-0.25, -0.2) is 14.6 Å². The minimum Gasteiger partial charge on any atom is -0.458 e. The molecule has 68 heavy (non-hydrogen) atoms. The van der Waals surface area contributed by atoms with Gasteiger partial charge < -0.3 is 29.4 Å². The Morgan fingerprint density at radius 1 is 0.794 bits per heavy atom. The summed E-state index contributed by atoms with van der Waals surface area (Å²) in [7, 11) is 0. The number of rotatable bonds is 20. The van der Waals surface area contributed by atoms with Gasteiger partial charge in [-0.1, -0.05) is 106 Å². The number of benzene rings is 2. The average molecular weight is 920 g/mol. The van der Waals surface area contributed by atoms with Crippen LogP contribution < -0.4 is 15.6 Å². The van der Waals surface area contributed by atoms with Gasteiger partial charge >= 0.3 is 12.1 Å². The highest BCUT2D eigenvalue weighted by atomic mass is 16.6. The summed E-state index contributed by atoms with van der Waals surface area (Å²) in [5, 5.41) is 15.1. The molecule has 2 N–H and O–H groups in total. The van der Waals surface area contributed by atoms with Crippen LogP contribution in [0.1, 0.15) is 106 Å². The van der Waals surface area contributed by atoms with Crippen LogP contribution in [0.2, 0.25) is 0 Å². The van der Waals surface area contributed by atoms with Gasteiger partial charge in [0.1, 0.15) is 12.4 Å². The lowest BCUT2D eigenvalue weighted by Gasteiger charge is -2.34. The molecule has 1 atom stereocenters. The second kappa shape index (κ2) is 23.9. The van der Waals surface area contributed by atoms with Crippen LogP contribution in [0, 0.1) is 0 Å². The molecular weight excluding hydrogens is 855 g/mol. The minimum atomic E-state index is -1.90. The third-order valence-corrected chi connectivity index (χ3v) is 12.7. The van der Waals surface area contributed by atoms with Crippen LogP contribution in [0.15, 0.2) is 126 Å². The van der Waals surface area contributed by atoms with E-state index in [0.717, 1.165) is 72.8 Å². The third kappa shape index (κ3) is 12.1. The predicted molar refractivity (Wildman–Crippen MR) is 269 cm³/mol. The van der Waals surface area contributed by atoms with Crippen molar-refractivity contribution in [2.24, 2.45) is 0 Å². The number of carbonyl (C=O) groups is 3. The van der Waals surface area contributed by atoms with Crippen LogP contribution >= 0.6 is 0 Å². The maximum atomic E-state index is 13.7. The molecular formula is C56H65N5O7. The maximum absolute atomic E-state index is 13.7. The smallest absolute Gasteiger partial charge is 0.415 e. The number of aliphatic hydroxyl groups is 1. The summed E-state index contributed by atoms with van der Waals surface area (Å²) in [5.74, 6) is -0.358.